The van der Waals surface area contributed by atoms with Crippen molar-refractivity contribution < 1.29 is 28.4 Å². The van der Waals surface area contributed by atoms with E-state index in [0.29, 0.717) is 52.9 Å². The molecule has 0 aromatic heterocycles. The van der Waals surface area contributed by atoms with Crippen LogP contribution in [0.1, 0.15) is 26.7 Å². The van der Waals surface area contributed by atoms with Gasteiger partial charge in [-0.15, -0.1) is 0 Å². The standard InChI is InChI=1S/C22H46N2O6/c1-3-25-13-5-7-23-9-15-27-19-21-29-17-11-24(8-6-14-26-4-2)12-18-30-22-20-28-16-10-23/h3-22H2,1-2H3. The van der Waals surface area contributed by atoms with Crippen LogP contribution in [0.5, 0.6) is 0 Å². The first-order valence-corrected chi connectivity index (χ1v) is 11.8. The van der Waals surface area contributed by atoms with Crippen molar-refractivity contribution in [2.24, 2.45) is 0 Å². The van der Waals surface area contributed by atoms with Crippen LogP contribution >= 0.6 is 0 Å². The Labute approximate surface area is 184 Å². The van der Waals surface area contributed by atoms with E-state index in [-0.39, 0.29) is 0 Å². The number of hydrogen-bond acceptors (Lipinski definition) is 8. The topological polar surface area (TPSA) is 61.9 Å². The van der Waals surface area contributed by atoms with Gasteiger partial charge >= 0.3 is 0 Å². The molecular weight excluding hydrogens is 388 g/mol. The van der Waals surface area contributed by atoms with Gasteiger partial charge in [0.25, 0.3) is 0 Å². The van der Waals surface area contributed by atoms with E-state index in [1.54, 1.807) is 0 Å². The van der Waals surface area contributed by atoms with E-state index in [4.69, 9.17) is 28.4 Å². The molecule has 0 unspecified atom stereocenters. The van der Waals surface area contributed by atoms with Crippen LogP contribution in [0, 0.1) is 0 Å². The predicted octanol–water partition coefficient (Wildman–Crippen LogP) is 1.52. The van der Waals surface area contributed by atoms with Crippen LogP contribution < -0.4 is 0 Å². The summed E-state index contributed by atoms with van der Waals surface area (Å²) in [5, 5.41) is 0. The molecule has 0 spiro atoms. The highest BCUT2D eigenvalue weighted by Crippen LogP contribution is 1.97. The van der Waals surface area contributed by atoms with E-state index >= 15 is 0 Å². The zero-order chi connectivity index (χ0) is 21.5. The van der Waals surface area contributed by atoms with Crippen molar-refractivity contribution in [2.75, 3.05) is 119 Å². The number of nitrogens with zero attached hydrogens (tertiary/aromatic N) is 2. The summed E-state index contributed by atoms with van der Waals surface area (Å²) in [4.78, 5) is 4.76. The molecule has 0 atom stereocenters. The van der Waals surface area contributed by atoms with Crippen LogP contribution in [0.25, 0.3) is 0 Å². The molecule has 0 radical (unpaired) electrons. The van der Waals surface area contributed by atoms with E-state index in [9.17, 15) is 0 Å². The molecule has 1 rings (SSSR count). The third-order valence-corrected chi connectivity index (χ3v) is 4.89. The fourth-order valence-electron chi connectivity index (χ4n) is 3.16. The van der Waals surface area contributed by atoms with Gasteiger partial charge in [0, 0.05) is 65.7 Å². The Morgan fingerprint density at radius 1 is 0.533 bits per heavy atom. The van der Waals surface area contributed by atoms with Crippen molar-refractivity contribution in [1.82, 2.24) is 9.80 Å². The van der Waals surface area contributed by atoms with Crippen molar-refractivity contribution >= 4 is 0 Å². The average Bonchev–Trinajstić information content (AvgIpc) is 2.75. The molecule has 1 heterocycles. The molecule has 0 bridgehead atoms. The lowest BCUT2D eigenvalue weighted by atomic mass is 10.3. The molecule has 0 aliphatic carbocycles. The molecule has 1 aliphatic heterocycles. The van der Waals surface area contributed by atoms with Crippen LogP contribution in [-0.2, 0) is 28.4 Å². The van der Waals surface area contributed by atoms with Gasteiger partial charge in [-0.05, 0) is 26.7 Å². The van der Waals surface area contributed by atoms with Gasteiger partial charge < -0.3 is 28.4 Å². The highest BCUT2D eigenvalue weighted by atomic mass is 16.5. The zero-order valence-corrected chi connectivity index (χ0v) is 19.5. The van der Waals surface area contributed by atoms with Crippen molar-refractivity contribution in [2.45, 2.75) is 26.7 Å². The smallest absolute Gasteiger partial charge is 0.0701 e. The summed E-state index contributed by atoms with van der Waals surface area (Å²) < 4.78 is 34.0. The van der Waals surface area contributed by atoms with Crippen molar-refractivity contribution in [3.8, 4) is 0 Å². The van der Waals surface area contributed by atoms with Crippen LogP contribution in [-0.4, -0.2) is 128 Å². The maximum atomic E-state index is 5.77. The second-order valence-corrected chi connectivity index (χ2v) is 7.23. The largest absolute Gasteiger partial charge is 0.382 e. The summed E-state index contributed by atoms with van der Waals surface area (Å²) in [6.45, 7) is 18.2. The lowest BCUT2D eigenvalue weighted by Crippen LogP contribution is -2.34. The lowest BCUT2D eigenvalue weighted by molar-refractivity contribution is 0.00613. The van der Waals surface area contributed by atoms with Gasteiger partial charge in [0.05, 0.1) is 52.9 Å². The summed E-state index contributed by atoms with van der Waals surface area (Å²) in [6, 6.07) is 0. The number of hydrogen-bond donors (Lipinski definition) is 0. The molecule has 8 heteroatoms. The Morgan fingerprint density at radius 2 is 0.867 bits per heavy atom. The van der Waals surface area contributed by atoms with Gasteiger partial charge in [-0.1, -0.05) is 0 Å². The summed E-state index contributed by atoms with van der Waals surface area (Å²) in [5.74, 6) is 0. The Hall–Kier alpha value is -0.320. The molecule has 0 aromatic carbocycles. The minimum absolute atomic E-state index is 0.636. The van der Waals surface area contributed by atoms with Gasteiger partial charge in [0.1, 0.15) is 0 Å². The molecule has 1 fully saturated rings. The van der Waals surface area contributed by atoms with Crippen LogP contribution in [0.15, 0.2) is 0 Å². The maximum Gasteiger partial charge on any atom is 0.0701 e. The average molecular weight is 435 g/mol. The van der Waals surface area contributed by atoms with Crippen LogP contribution in [0.2, 0.25) is 0 Å². The van der Waals surface area contributed by atoms with Gasteiger partial charge in [0.15, 0.2) is 0 Å². The van der Waals surface area contributed by atoms with Gasteiger partial charge in [-0.3, -0.25) is 9.80 Å². The number of rotatable bonds is 10. The summed E-state index contributed by atoms with van der Waals surface area (Å²) >= 11 is 0. The first kappa shape index (κ1) is 27.7. The predicted molar refractivity (Wildman–Crippen MR) is 118 cm³/mol. The minimum Gasteiger partial charge on any atom is -0.382 e. The monoisotopic (exact) mass is 434 g/mol. The van der Waals surface area contributed by atoms with E-state index < -0.39 is 0 Å². The molecule has 180 valence electrons. The van der Waals surface area contributed by atoms with Crippen LogP contribution in [0.4, 0.5) is 0 Å². The number of ether oxygens (including phenoxy) is 6. The van der Waals surface area contributed by atoms with Gasteiger partial charge in [0.2, 0.25) is 0 Å². The SMILES string of the molecule is CCOCCCN1CCOCCOCCN(CCCOCC)CCOCCOCC1. The first-order valence-electron chi connectivity index (χ1n) is 11.8. The minimum atomic E-state index is 0.636. The third kappa shape index (κ3) is 17.4. The van der Waals surface area contributed by atoms with E-state index in [2.05, 4.69) is 9.80 Å². The molecule has 30 heavy (non-hydrogen) atoms. The molecule has 1 aliphatic rings. The fourth-order valence-corrected chi connectivity index (χ4v) is 3.16. The molecule has 0 saturated carbocycles. The third-order valence-electron chi connectivity index (χ3n) is 4.89. The lowest BCUT2D eigenvalue weighted by Gasteiger charge is -2.23. The molecule has 8 nitrogen and oxygen atoms in total. The van der Waals surface area contributed by atoms with Crippen molar-refractivity contribution in [1.29, 1.82) is 0 Å². The summed E-state index contributed by atoms with van der Waals surface area (Å²) in [7, 11) is 0. The Balaban J connectivity index is 2.30. The molecular formula is C22H46N2O6. The molecule has 0 aromatic rings. The van der Waals surface area contributed by atoms with E-state index in [1.165, 1.54) is 0 Å². The second kappa shape index (κ2) is 21.9. The quantitative estimate of drug-likeness (QED) is 0.480. The second-order valence-electron chi connectivity index (χ2n) is 7.23. The highest BCUT2D eigenvalue weighted by molar-refractivity contribution is 4.59. The van der Waals surface area contributed by atoms with Crippen molar-refractivity contribution in [3.05, 3.63) is 0 Å². The Bertz CT molecular complexity index is 300. The normalized spacial score (nSPS) is 20.6. The summed E-state index contributed by atoms with van der Waals surface area (Å²) in [6.07, 6.45) is 2.06. The van der Waals surface area contributed by atoms with Gasteiger partial charge in [-0.25, -0.2) is 0 Å². The maximum absolute atomic E-state index is 5.77. The Kier molecular flexibility index (Phi) is 20.2. The van der Waals surface area contributed by atoms with E-state index in [0.717, 1.165) is 78.5 Å². The fraction of sp³-hybridized carbons (Fsp3) is 1.00. The Morgan fingerprint density at radius 3 is 1.17 bits per heavy atom. The van der Waals surface area contributed by atoms with Crippen LogP contribution in [0.3, 0.4) is 0 Å². The van der Waals surface area contributed by atoms with Gasteiger partial charge in [-0.2, -0.15) is 0 Å². The summed E-state index contributed by atoms with van der Waals surface area (Å²) in [5.41, 5.74) is 0. The van der Waals surface area contributed by atoms with Crippen molar-refractivity contribution in [3.63, 3.8) is 0 Å². The molecule has 0 N–H and O–H groups in total. The first-order chi connectivity index (χ1) is 14.9. The zero-order valence-electron chi connectivity index (χ0n) is 19.5. The highest BCUT2D eigenvalue weighted by Gasteiger charge is 2.07. The molecule has 0 amide bonds. The molecule has 1 saturated heterocycles. The van der Waals surface area contributed by atoms with E-state index in [1.807, 2.05) is 13.8 Å².